The van der Waals surface area contributed by atoms with Gasteiger partial charge in [0, 0.05) is 5.33 Å². The molecule has 0 saturated carbocycles. The summed E-state index contributed by atoms with van der Waals surface area (Å²) in [7, 11) is 1.22. The number of halogens is 4. The van der Waals surface area contributed by atoms with Crippen LogP contribution in [-0.4, -0.2) is 19.7 Å². The van der Waals surface area contributed by atoms with Crippen molar-refractivity contribution in [2.45, 2.75) is 11.9 Å². The number of benzene rings is 1. The number of esters is 1. The summed E-state index contributed by atoms with van der Waals surface area (Å²) in [6.07, 6.45) is 0. The highest BCUT2D eigenvalue weighted by Gasteiger charge is 2.20. The van der Waals surface area contributed by atoms with Crippen LogP contribution in [-0.2, 0) is 10.1 Å². The monoisotopic (exact) mass is 372 g/mol. The quantitative estimate of drug-likeness (QED) is 0.595. The van der Waals surface area contributed by atoms with Gasteiger partial charge in [-0.1, -0.05) is 22.0 Å². The van der Waals surface area contributed by atoms with Crippen LogP contribution in [0, 0.1) is 0 Å². The fourth-order valence-corrected chi connectivity index (χ4v) is 2.33. The number of hydrogen-bond donors (Lipinski definition) is 0. The van der Waals surface area contributed by atoms with Gasteiger partial charge in [-0.3, -0.25) is 0 Å². The summed E-state index contributed by atoms with van der Waals surface area (Å²) in [5, 5.41) is 0.394. The van der Waals surface area contributed by atoms with E-state index in [9.17, 15) is 13.6 Å². The molecule has 1 rings (SSSR count). The summed E-state index contributed by atoms with van der Waals surface area (Å²) >= 11 is 6.26. The molecule has 0 aromatic heterocycles. The first kappa shape index (κ1) is 14.4. The van der Waals surface area contributed by atoms with Crippen molar-refractivity contribution in [3.05, 3.63) is 27.7 Å². The molecule has 0 saturated heterocycles. The van der Waals surface area contributed by atoms with E-state index in [2.05, 4.69) is 41.3 Å². The van der Waals surface area contributed by atoms with Crippen LogP contribution in [0.1, 0.15) is 15.9 Å². The number of alkyl halides is 3. The van der Waals surface area contributed by atoms with Gasteiger partial charge in [0.05, 0.1) is 17.1 Å². The minimum absolute atomic E-state index is 0.106. The third kappa shape index (κ3) is 3.38. The van der Waals surface area contributed by atoms with E-state index < -0.39 is 12.6 Å². The zero-order chi connectivity index (χ0) is 13.0. The van der Waals surface area contributed by atoms with Crippen molar-refractivity contribution in [2.75, 3.05) is 7.11 Å². The van der Waals surface area contributed by atoms with E-state index in [0.717, 1.165) is 0 Å². The molecule has 1 aromatic carbocycles. The van der Waals surface area contributed by atoms with Crippen molar-refractivity contribution in [3.8, 4) is 5.75 Å². The molecule has 0 aliphatic heterocycles. The van der Waals surface area contributed by atoms with E-state index in [4.69, 9.17) is 0 Å². The van der Waals surface area contributed by atoms with E-state index in [1.165, 1.54) is 19.2 Å². The number of rotatable bonds is 4. The third-order valence-corrected chi connectivity index (χ3v) is 3.33. The molecule has 0 unspecified atom stereocenters. The average molecular weight is 374 g/mol. The Morgan fingerprint density at radius 1 is 1.47 bits per heavy atom. The minimum atomic E-state index is -2.95. The molecule has 0 amide bonds. The van der Waals surface area contributed by atoms with E-state index in [1.54, 1.807) is 0 Å². The second kappa shape index (κ2) is 6.30. The van der Waals surface area contributed by atoms with Gasteiger partial charge >= 0.3 is 12.6 Å². The summed E-state index contributed by atoms with van der Waals surface area (Å²) < 4.78 is 33.3. The Labute approximate surface area is 113 Å². The van der Waals surface area contributed by atoms with E-state index in [0.29, 0.717) is 10.9 Å². The van der Waals surface area contributed by atoms with Crippen molar-refractivity contribution in [2.24, 2.45) is 0 Å². The van der Waals surface area contributed by atoms with Crippen molar-refractivity contribution < 1.29 is 23.0 Å². The largest absolute Gasteiger partial charge is 0.465 e. The van der Waals surface area contributed by atoms with Gasteiger partial charge in [0.2, 0.25) is 0 Å². The number of carbonyl (C=O) groups excluding carboxylic acids is 1. The standard InChI is InChI=1S/C10H8Br2F2O3/c1-16-9(15)7-5(4-11)2-3-6(8(7)12)17-10(13)14/h2-3,10H,4H2,1H3. The lowest BCUT2D eigenvalue weighted by molar-refractivity contribution is -0.0504. The number of ether oxygens (including phenoxy) is 2. The van der Waals surface area contributed by atoms with Gasteiger partial charge in [-0.2, -0.15) is 8.78 Å². The molecule has 0 fully saturated rings. The molecular weight excluding hydrogens is 366 g/mol. The Balaban J connectivity index is 3.27. The molecule has 0 aliphatic carbocycles. The van der Waals surface area contributed by atoms with Crippen LogP contribution in [0.4, 0.5) is 8.78 Å². The molecule has 3 nitrogen and oxygen atoms in total. The van der Waals surface area contributed by atoms with Gasteiger partial charge in [-0.15, -0.1) is 0 Å². The van der Waals surface area contributed by atoms with Gasteiger partial charge in [0.25, 0.3) is 0 Å². The fourth-order valence-electron chi connectivity index (χ4n) is 1.22. The normalized spacial score (nSPS) is 10.5. The molecule has 17 heavy (non-hydrogen) atoms. The number of hydrogen-bond acceptors (Lipinski definition) is 3. The Bertz CT molecular complexity index is 424. The summed E-state index contributed by atoms with van der Waals surface area (Å²) in [5.41, 5.74) is 0.785. The van der Waals surface area contributed by atoms with Gasteiger partial charge in [-0.25, -0.2) is 4.79 Å². The fraction of sp³-hybridized carbons (Fsp3) is 0.300. The molecule has 7 heteroatoms. The average Bonchev–Trinajstić information content (AvgIpc) is 2.30. The SMILES string of the molecule is COC(=O)c1c(CBr)ccc(OC(F)F)c1Br. The molecule has 0 atom stereocenters. The third-order valence-electron chi connectivity index (χ3n) is 1.94. The van der Waals surface area contributed by atoms with Crippen LogP contribution < -0.4 is 4.74 Å². The minimum Gasteiger partial charge on any atom is -0.465 e. The van der Waals surface area contributed by atoms with E-state index >= 15 is 0 Å². The maximum Gasteiger partial charge on any atom is 0.387 e. The lowest BCUT2D eigenvalue weighted by Gasteiger charge is -2.12. The Kier molecular flexibility index (Phi) is 5.32. The maximum absolute atomic E-state index is 12.1. The first-order valence-corrected chi connectivity index (χ1v) is 6.33. The first-order chi connectivity index (χ1) is 8.01. The number of carbonyl (C=O) groups is 1. The summed E-state index contributed by atoms with van der Waals surface area (Å²) in [4.78, 5) is 11.5. The van der Waals surface area contributed by atoms with Gasteiger partial charge in [0.1, 0.15) is 5.75 Å². The highest BCUT2D eigenvalue weighted by Crippen LogP contribution is 2.33. The zero-order valence-corrected chi connectivity index (χ0v) is 11.8. The predicted octanol–water partition coefficient (Wildman–Crippen LogP) is 3.73. The highest BCUT2D eigenvalue weighted by atomic mass is 79.9. The molecule has 0 aliphatic rings. The van der Waals surface area contributed by atoms with Gasteiger partial charge in [-0.05, 0) is 27.6 Å². The molecule has 0 spiro atoms. The summed E-state index contributed by atoms with van der Waals surface area (Å²) in [6.45, 7) is -2.95. The lowest BCUT2D eigenvalue weighted by Crippen LogP contribution is -2.09. The van der Waals surface area contributed by atoms with Crippen LogP contribution in [0.2, 0.25) is 0 Å². The smallest absolute Gasteiger partial charge is 0.387 e. The topological polar surface area (TPSA) is 35.5 Å². The lowest BCUT2D eigenvalue weighted by atomic mass is 10.1. The molecule has 0 heterocycles. The summed E-state index contributed by atoms with van der Waals surface area (Å²) in [5.74, 6) is -0.726. The molecule has 0 radical (unpaired) electrons. The first-order valence-electron chi connectivity index (χ1n) is 4.41. The predicted molar refractivity (Wildman–Crippen MR) is 64.7 cm³/mol. The maximum atomic E-state index is 12.1. The Morgan fingerprint density at radius 2 is 2.12 bits per heavy atom. The van der Waals surface area contributed by atoms with E-state index in [1.807, 2.05) is 0 Å². The molecule has 94 valence electrons. The van der Waals surface area contributed by atoms with Crippen molar-refractivity contribution in [1.29, 1.82) is 0 Å². The van der Waals surface area contributed by atoms with Gasteiger partial charge in [0.15, 0.2) is 0 Å². The van der Waals surface area contributed by atoms with Crippen LogP contribution in [0.25, 0.3) is 0 Å². The van der Waals surface area contributed by atoms with Crippen molar-refractivity contribution in [3.63, 3.8) is 0 Å². The molecule has 0 N–H and O–H groups in total. The van der Waals surface area contributed by atoms with Crippen molar-refractivity contribution in [1.82, 2.24) is 0 Å². The summed E-state index contributed by atoms with van der Waals surface area (Å²) in [6, 6.07) is 2.88. The van der Waals surface area contributed by atoms with E-state index in [-0.39, 0.29) is 15.8 Å². The second-order valence-electron chi connectivity index (χ2n) is 2.92. The highest BCUT2D eigenvalue weighted by molar-refractivity contribution is 9.10. The second-order valence-corrected chi connectivity index (χ2v) is 4.27. The van der Waals surface area contributed by atoms with Crippen LogP contribution >= 0.6 is 31.9 Å². The van der Waals surface area contributed by atoms with Crippen molar-refractivity contribution >= 4 is 37.8 Å². The van der Waals surface area contributed by atoms with Crippen LogP contribution in [0.15, 0.2) is 16.6 Å². The Morgan fingerprint density at radius 3 is 2.59 bits per heavy atom. The Hall–Kier alpha value is -0.690. The zero-order valence-electron chi connectivity index (χ0n) is 8.68. The van der Waals surface area contributed by atoms with Crippen LogP contribution in [0.5, 0.6) is 5.75 Å². The van der Waals surface area contributed by atoms with Gasteiger partial charge < -0.3 is 9.47 Å². The molecule has 1 aromatic rings. The van der Waals surface area contributed by atoms with Crippen LogP contribution in [0.3, 0.4) is 0 Å². The molecular formula is C10H8Br2F2O3. The molecule has 0 bridgehead atoms. The number of methoxy groups -OCH3 is 1.